The van der Waals surface area contributed by atoms with Gasteiger partial charge in [0.15, 0.2) is 0 Å². The van der Waals surface area contributed by atoms with Crippen LogP contribution in [-0.2, 0) is 11.0 Å². The maximum Gasteiger partial charge on any atom is 0.417 e. The molecule has 1 fully saturated rings. The summed E-state index contributed by atoms with van der Waals surface area (Å²) in [4.78, 5) is 24.7. The van der Waals surface area contributed by atoms with Crippen molar-refractivity contribution in [2.75, 3.05) is 11.2 Å². The van der Waals surface area contributed by atoms with E-state index in [1.54, 1.807) is 0 Å². The predicted octanol–water partition coefficient (Wildman–Crippen LogP) is 3.26. The number of nitrogens with zero attached hydrogens (tertiary/aromatic N) is 1. The topological polar surface area (TPSA) is 49.4 Å². The number of urea groups is 1. The van der Waals surface area contributed by atoms with Crippen LogP contribution in [0.1, 0.15) is 19.4 Å². The van der Waals surface area contributed by atoms with E-state index >= 15 is 0 Å². The Labute approximate surface area is 123 Å². The van der Waals surface area contributed by atoms with E-state index in [2.05, 4.69) is 5.32 Å². The minimum atomic E-state index is -4.55. The molecular weight excluding hydrogens is 305 g/mol. The van der Waals surface area contributed by atoms with Gasteiger partial charge in [-0.15, -0.1) is 11.8 Å². The highest BCUT2D eigenvalue weighted by molar-refractivity contribution is 7.98. The molecule has 0 bridgehead atoms. The highest BCUT2D eigenvalue weighted by Crippen LogP contribution is 2.39. The molecule has 1 N–H and O–H groups in total. The van der Waals surface area contributed by atoms with Crippen LogP contribution in [0.2, 0.25) is 0 Å². The lowest BCUT2D eigenvalue weighted by atomic mass is 10.1. The average molecular weight is 318 g/mol. The zero-order valence-corrected chi connectivity index (χ0v) is 12.4. The maximum atomic E-state index is 13.0. The summed E-state index contributed by atoms with van der Waals surface area (Å²) in [6.07, 6.45) is -3.02. The fourth-order valence-electron chi connectivity index (χ4n) is 2.04. The number of benzene rings is 1. The van der Waals surface area contributed by atoms with Gasteiger partial charge < -0.3 is 5.32 Å². The summed E-state index contributed by atoms with van der Waals surface area (Å²) in [6.45, 7) is 2.99. The van der Waals surface area contributed by atoms with E-state index in [1.165, 1.54) is 32.2 Å². The van der Waals surface area contributed by atoms with Crippen molar-refractivity contribution in [1.82, 2.24) is 5.32 Å². The Bertz CT molecular complexity index is 614. The number of thioether (sulfide) groups is 1. The fourth-order valence-corrected chi connectivity index (χ4v) is 2.64. The molecule has 0 saturated carbocycles. The molecule has 4 nitrogen and oxygen atoms in total. The molecule has 0 atom stereocenters. The Balaban J connectivity index is 2.52. The van der Waals surface area contributed by atoms with Crippen LogP contribution >= 0.6 is 11.8 Å². The third-order valence-corrected chi connectivity index (χ3v) is 3.90. The van der Waals surface area contributed by atoms with Crippen LogP contribution in [0.15, 0.2) is 23.1 Å². The Morgan fingerprint density at radius 1 is 1.24 bits per heavy atom. The summed E-state index contributed by atoms with van der Waals surface area (Å²) in [5, 5.41) is 2.43. The van der Waals surface area contributed by atoms with E-state index in [-0.39, 0.29) is 10.6 Å². The van der Waals surface area contributed by atoms with Gasteiger partial charge in [0, 0.05) is 4.90 Å². The molecule has 0 aromatic heterocycles. The summed E-state index contributed by atoms with van der Waals surface area (Å²) in [5.74, 6) is -0.586. The molecule has 0 radical (unpaired) electrons. The van der Waals surface area contributed by atoms with Crippen LogP contribution in [0.5, 0.6) is 0 Å². The van der Waals surface area contributed by atoms with Crippen molar-refractivity contribution in [2.24, 2.45) is 0 Å². The van der Waals surface area contributed by atoms with Crippen LogP contribution in [0, 0.1) is 0 Å². The number of amides is 3. The lowest BCUT2D eigenvalue weighted by Gasteiger charge is -2.18. The van der Waals surface area contributed by atoms with Crippen LogP contribution < -0.4 is 10.2 Å². The second-order valence-corrected chi connectivity index (χ2v) is 5.93. The van der Waals surface area contributed by atoms with E-state index in [0.29, 0.717) is 0 Å². The molecule has 114 valence electrons. The van der Waals surface area contributed by atoms with Crippen molar-refractivity contribution < 1.29 is 22.8 Å². The number of anilines is 1. The van der Waals surface area contributed by atoms with Gasteiger partial charge in [0.2, 0.25) is 0 Å². The number of imide groups is 1. The number of alkyl halides is 3. The fraction of sp³-hybridized carbons (Fsp3) is 0.385. The highest BCUT2D eigenvalue weighted by Gasteiger charge is 2.45. The minimum Gasteiger partial charge on any atom is -0.323 e. The number of rotatable bonds is 2. The molecule has 0 unspecified atom stereocenters. The zero-order chi connectivity index (χ0) is 16.0. The summed E-state index contributed by atoms with van der Waals surface area (Å²) < 4.78 is 39.1. The highest BCUT2D eigenvalue weighted by atomic mass is 32.2. The number of carbonyl (C=O) groups is 2. The minimum absolute atomic E-state index is 0.0394. The van der Waals surface area contributed by atoms with E-state index in [4.69, 9.17) is 0 Å². The Morgan fingerprint density at radius 3 is 2.29 bits per heavy atom. The van der Waals surface area contributed by atoms with Crippen LogP contribution in [0.4, 0.5) is 23.7 Å². The summed E-state index contributed by atoms with van der Waals surface area (Å²) in [6, 6.07) is 2.69. The Hall–Kier alpha value is -1.70. The molecule has 2 rings (SSSR count). The van der Waals surface area contributed by atoms with Crippen molar-refractivity contribution >= 4 is 29.4 Å². The van der Waals surface area contributed by atoms with Gasteiger partial charge >= 0.3 is 12.2 Å². The molecule has 1 saturated heterocycles. The molecule has 1 aromatic rings. The van der Waals surface area contributed by atoms with E-state index in [0.717, 1.165) is 22.7 Å². The van der Waals surface area contributed by atoms with Crippen molar-refractivity contribution in [3.8, 4) is 0 Å². The summed E-state index contributed by atoms with van der Waals surface area (Å²) in [5.41, 5.74) is -2.08. The predicted molar refractivity (Wildman–Crippen MR) is 73.3 cm³/mol. The van der Waals surface area contributed by atoms with E-state index in [1.807, 2.05) is 0 Å². The van der Waals surface area contributed by atoms with Gasteiger partial charge in [-0.1, -0.05) is 0 Å². The normalized spacial score (nSPS) is 18.1. The molecule has 0 aliphatic carbocycles. The van der Waals surface area contributed by atoms with Crippen molar-refractivity contribution in [3.05, 3.63) is 23.8 Å². The standard InChI is InChI=1S/C13H13F3N2O2S/c1-12(2)10(19)18(11(20)17-12)7-4-5-9(21-3)8(6-7)13(14,15)16/h4-6H,1-3H3,(H,17,20). The van der Waals surface area contributed by atoms with E-state index < -0.39 is 29.2 Å². The average Bonchev–Trinajstić information content (AvgIpc) is 2.56. The lowest BCUT2D eigenvalue weighted by Crippen LogP contribution is -2.40. The third kappa shape index (κ3) is 2.72. The second kappa shape index (κ2) is 4.94. The first-order valence-electron chi connectivity index (χ1n) is 6.00. The molecular formula is C13H13F3N2O2S. The molecule has 21 heavy (non-hydrogen) atoms. The SMILES string of the molecule is CSc1ccc(N2C(=O)NC(C)(C)C2=O)cc1C(F)(F)F. The van der Waals surface area contributed by atoms with Gasteiger partial charge in [-0.25, -0.2) is 9.69 Å². The largest absolute Gasteiger partial charge is 0.417 e. The first-order valence-corrected chi connectivity index (χ1v) is 7.22. The monoisotopic (exact) mass is 318 g/mol. The second-order valence-electron chi connectivity index (χ2n) is 5.08. The lowest BCUT2D eigenvalue weighted by molar-refractivity contribution is -0.139. The van der Waals surface area contributed by atoms with Gasteiger partial charge in [0.25, 0.3) is 5.91 Å². The van der Waals surface area contributed by atoms with Gasteiger partial charge in [-0.05, 0) is 38.3 Å². The zero-order valence-electron chi connectivity index (χ0n) is 11.5. The van der Waals surface area contributed by atoms with Crippen molar-refractivity contribution in [1.29, 1.82) is 0 Å². The molecule has 3 amide bonds. The van der Waals surface area contributed by atoms with Crippen molar-refractivity contribution in [2.45, 2.75) is 30.5 Å². The third-order valence-electron chi connectivity index (χ3n) is 3.11. The number of halogens is 3. The molecule has 0 spiro atoms. The molecule has 1 aliphatic rings. The number of carbonyl (C=O) groups excluding carboxylic acids is 2. The Kier molecular flexibility index (Phi) is 3.69. The van der Waals surface area contributed by atoms with E-state index in [9.17, 15) is 22.8 Å². The molecule has 8 heteroatoms. The molecule has 1 aliphatic heterocycles. The Morgan fingerprint density at radius 2 is 1.86 bits per heavy atom. The van der Waals surface area contributed by atoms with Crippen LogP contribution in [-0.4, -0.2) is 23.7 Å². The molecule has 1 aromatic carbocycles. The first kappa shape index (κ1) is 15.7. The van der Waals surface area contributed by atoms with Gasteiger partial charge in [0.1, 0.15) is 5.54 Å². The van der Waals surface area contributed by atoms with Gasteiger partial charge in [-0.3, -0.25) is 4.79 Å². The molecule has 1 heterocycles. The quantitative estimate of drug-likeness (QED) is 0.672. The first-order chi connectivity index (χ1) is 9.58. The number of hydrogen-bond donors (Lipinski definition) is 1. The number of nitrogens with one attached hydrogen (secondary N) is 1. The summed E-state index contributed by atoms with van der Waals surface area (Å²) >= 11 is 0.951. The van der Waals surface area contributed by atoms with Crippen LogP contribution in [0.3, 0.4) is 0 Å². The summed E-state index contributed by atoms with van der Waals surface area (Å²) in [7, 11) is 0. The number of hydrogen-bond acceptors (Lipinski definition) is 3. The smallest absolute Gasteiger partial charge is 0.323 e. The van der Waals surface area contributed by atoms with Crippen LogP contribution in [0.25, 0.3) is 0 Å². The maximum absolute atomic E-state index is 13.0. The van der Waals surface area contributed by atoms with Gasteiger partial charge in [-0.2, -0.15) is 13.2 Å². The van der Waals surface area contributed by atoms with Crippen molar-refractivity contribution in [3.63, 3.8) is 0 Å². The van der Waals surface area contributed by atoms with Gasteiger partial charge in [0.05, 0.1) is 11.3 Å².